The van der Waals surface area contributed by atoms with Gasteiger partial charge in [-0.3, -0.25) is 9.47 Å². The van der Waals surface area contributed by atoms with Gasteiger partial charge >= 0.3 is 0 Å². The van der Waals surface area contributed by atoms with Crippen LogP contribution < -0.4 is 9.64 Å². The van der Waals surface area contributed by atoms with E-state index in [-0.39, 0.29) is 0 Å². The summed E-state index contributed by atoms with van der Waals surface area (Å²) < 4.78 is 9.95. The minimum absolute atomic E-state index is 0.718. The quantitative estimate of drug-likeness (QED) is 0.618. The Kier molecular flexibility index (Phi) is 5.45. The summed E-state index contributed by atoms with van der Waals surface area (Å²) in [5, 5.41) is 4.68. The summed E-state index contributed by atoms with van der Waals surface area (Å²) in [6.45, 7) is 6.64. The molecule has 2 aromatic carbocycles. The predicted molar refractivity (Wildman–Crippen MR) is 114 cm³/mol. The third-order valence-electron chi connectivity index (χ3n) is 5.16. The van der Waals surface area contributed by atoms with Crippen LogP contribution in [0.25, 0.3) is 5.69 Å². The highest BCUT2D eigenvalue weighted by atomic mass is 32.1. The topological polar surface area (TPSA) is 38.5 Å². The highest BCUT2D eigenvalue weighted by molar-refractivity contribution is 7.71. The van der Waals surface area contributed by atoms with Crippen molar-refractivity contribution in [3.63, 3.8) is 0 Å². The van der Waals surface area contributed by atoms with Crippen molar-refractivity contribution in [1.82, 2.24) is 19.2 Å². The molecule has 0 radical (unpaired) electrons. The van der Waals surface area contributed by atoms with Crippen LogP contribution in [-0.2, 0) is 6.67 Å². The Balaban J connectivity index is 1.42. The summed E-state index contributed by atoms with van der Waals surface area (Å²) >= 11 is 5.70. The summed E-state index contributed by atoms with van der Waals surface area (Å²) in [6, 6.07) is 18.4. The number of hydrogen-bond donors (Lipinski definition) is 0. The van der Waals surface area contributed by atoms with Gasteiger partial charge in [0.05, 0.1) is 13.8 Å². The van der Waals surface area contributed by atoms with E-state index in [1.165, 1.54) is 5.69 Å². The third kappa shape index (κ3) is 3.81. The van der Waals surface area contributed by atoms with Crippen LogP contribution in [0.5, 0.6) is 5.75 Å². The number of ether oxygens (including phenoxy) is 1. The minimum atomic E-state index is 0.718. The molecule has 1 fully saturated rings. The molecular weight excluding hydrogens is 370 g/mol. The van der Waals surface area contributed by atoms with Crippen molar-refractivity contribution in [3.05, 3.63) is 65.2 Å². The van der Waals surface area contributed by atoms with E-state index in [9.17, 15) is 0 Å². The molecule has 0 aliphatic carbocycles. The number of benzene rings is 2. The van der Waals surface area contributed by atoms with Gasteiger partial charge in [0.15, 0.2) is 0 Å². The normalized spacial score (nSPS) is 15.0. The van der Waals surface area contributed by atoms with Crippen molar-refractivity contribution in [3.8, 4) is 11.4 Å². The fraction of sp³-hybridized carbons (Fsp3) is 0.333. The zero-order valence-corrected chi connectivity index (χ0v) is 17.1. The van der Waals surface area contributed by atoms with Crippen LogP contribution in [0, 0.1) is 11.7 Å². The maximum Gasteiger partial charge on any atom is 0.203 e. The van der Waals surface area contributed by atoms with Crippen molar-refractivity contribution in [1.29, 1.82) is 0 Å². The van der Waals surface area contributed by atoms with Gasteiger partial charge in [-0.25, -0.2) is 4.68 Å². The second-order valence-corrected chi connectivity index (χ2v) is 7.31. The van der Waals surface area contributed by atoms with Crippen LogP contribution >= 0.6 is 12.2 Å². The Morgan fingerprint density at radius 2 is 1.61 bits per heavy atom. The molecule has 146 valence electrons. The summed E-state index contributed by atoms with van der Waals surface area (Å²) in [5.74, 6) is 1.80. The fourth-order valence-corrected chi connectivity index (χ4v) is 3.95. The number of rotatable bonds is 5. The molecule has 2 heterocycles. The lowest BCUT2D eigenvalue weighted by Crippen LogP contribution is -2.47. The molecule has 0 amide bonds. The maximum atomic E-state index is 5.70. The van der Waals surface area contributed by atoms with Gasteiger partial charge in [0.1, 0.15) is 11.6 Å². The first-order valence-corrected chi connectivity index (χ1v) is 9.90. The smallest absolute Gasteiger partial charge is 0.203 e. The second-order valence-electron chi connectivity index (χ2n) is 6.94. The average molecular weight is 396 g/mol. The van der Waals surface area contributed by atoms with Crippen molar-refractivity contribution in [2.45, 2.75) is 13.6 Å². The lowest BCUT2D eigenvalue weighted by atomic mass is 10.2. The van der Waals surface area contributed by atoms with Crippen molar-refractivity contribution < 1.29 is 4.74 Å². The number of aryl methyl sites for hydroxylation is 1. The van der Waals surface area contributed by atoms with E-state index < -0.39 is 0 Å². The molecule has 1 saturated heterocycles. The lowest BCUT2D eigenvalue weighted by molar-refractivity contribution is 0.194. The number of para-hydroxylation sites is 1. The molecule has 1 aromatic heterocycles. The van der Waals surface area contributed by atoms with E-state index in [1.807, 2.05) is 46.5 Å². The molecule has 0 atom stereocenters. The largest absolute Gasteiger partial charge is 0.497 e. The Labute approximate surface area is 170 Å². The number of nitrogens with zero attached hydrogens (tertiary/aromatic N) is 5. The second kappa shape index (κ2) is 8.16. The first-order valence-electron chi connectivity index (χ1n) is 9.49. The van der Waals surface area contributed by atoms with E-state index in [0.29, 0.717) is 0 Å². The first kappa shape index (κ1) is 18.7. The molecule has 28 heavy (non-hydrogen) atoms. The summed E-state index contributed by atoms with van der Waals surface area (Å²) in [4.78, 5) is 4.81. The summed E-state index contributed by atoms with van der Waals surface area (Å²) in [7, 11) is 1.69. The number of hydrogen-bond acceptors (Lipinski definition) is 5. The monoisotopic (exact) mass is 395 g/mol. The zero-order valence-electron chi connectivity index (χ0n) is 16.3. The number of anilines is 1. The van der Waals surface area contributed by atoms with Gasteiger partial charge in [-0.15, -0.1) is 0 Å². The van der Waals surface area contributed by atoms with Crippen molar-refractivity contribution in [2.75, 3.05) is 38.2 Å². The van der Waals surface area contributed by atoms with Crippen molar-refractivity contribution >= 4 is 17.9 Å². The Bertz CT molecular complexity index is 972. The highest BCUT2D eigenvalue weighted by Gasteiger charge is 2.19. The van der Waals surface area contributed by atoms with Crippen molar-refractivity contribution in [2.24, 2.45) is 0 Å². The summed E-state index contributed by atoms with van der Waals surface area (Å²) in [5.41, 5.74) is 2.29. The third-order valence-corrected chi connectivity index (χ3v) is 5.55. The van der Waals surface area contributed by atoms with E-state index in [4.69, 9.17) is 17.0 Å². The minimum Gasteiger partial charge on any atom is -0.497 e. The number of methoxy groups -OCH3 is 1. The van der Waals surface area contributed by atoms with E-state index in [1.54, 1.807) is 7.11 Å². The average Bonchev–Trinajstić information content (AvgIpc) is 3.02. The van der Waals surface area contributed by atoms with Crippen LogP contribution in [0.2, 0.25) is 0 Å². The molecule has 4 rings (SSSR count). The van der Waals surface area contributed by atoms with E-state index >= 15 is 0 Å². The van der Waals surface area contributed by atoms with Gasteiger partial charge in [-0.1, -0.05) is 18.2 Å². The SMILES string of the molecule is COc1ccc(N2CCN(Cn3nc(C)n(-c4ccccc4)c3=S)CC2)cc1. The molecule has 0 spiro atoms. The van der Waals surface area contributed by atoms with Crippen LogP contribution in [0.1, 0.15) is 5.82 Å². The van der Waals surface area contributed by atoms with Gasteiger partial charge in [0.25, 0.3) is 0 Å². The first-order chi connectivity index (χ1) is 13.7. The molecule has 1 aliphatic heterocycles. The van der Waals surface area contributed by atoms with Gasteiger partial charge < -0.3 is 9.64 Å². The van der Waals surface area contributed by atoms with Crippen LogP contribution in [-0.4, -0.2) is 52.5 Å². The lowest BCUT2D eigenvalue weighted by Gasteiger charge is -2.35. The van der Waals surface area contributed by atoms with Crippen LogP contribution in [0.3, 0.4) is 0 Å². The standard InChI is InChI=1S/C21H25N5OS/c1-17-22-25(21(28)26(17)19-6-4-3-5-7-19)16-23-12-14-24(15-13-23)18-8-10-20(27-2)11-9-18/h3-11H,12-16H2,1-2H3. The van der Waals surface area contributed by atoms with E-state index in [2.05, 4.69) is 39.2 Å². The molecule has 0 bridgehead atoms. The number of piperazine rings is 1. The van der Waals surface area contributed by atoms with Crippen LogP contribution in [0.4, 0.5) is 5.69 Å². The molecule has 1 aliphatic rings. The van der Waals surface area contributed by atoms with Gasteiger partial charge in [-0.2, -0.15) is 5.10 Å². The molecular formula is C21H25N5OS. The van der Waals surface area contributed by atoms with E-state index in [0.717, 1.165) is 54.9 Å². The van der Waals surface area contributed by atoms with Gasteiger partial charge in [-0.05, 0) is 55.5 Å². The maximum absolute atomic E-state index is 5.70. The predicted octanol–water partition coefficient (Wildman–Crippen LogP) is 3.50. The molecule has 0 N–H and O–H groups in total. The summed E-state index contributed by atoms with van der Waals surface area (Å²) in [6.07, 6.45) is 0. The Morgan fingerprint density at radius 1 is 0.929 bits per heavy atom. The fourth-order valence-electron chi connectivity index (χ4n) is 3.61. The molecule has 3 aromatic rings. The Morgan fingerprint density at radius 3 is 2.25 bits per heavy atom. The molecule has 7 heteroatoms. The zero-order chi connectivity index (χ0) is 19.5. The molecule has 0 saturated carbocycles. The van der Waals surface area contributed by atoms with Crippen LogP contribution in [0.15, 0.2) is 54.6 Å². The Hall–Kier alpha value is -2.64. The molecule has 6 nitrogen and oxygen atoms in total. The highest BCUT2D eigenvalue weighted by Crippen LogP contribution is 2.21. The van der Waals surface area contributed by atoms with Gasteiger partial charge in [0, 0.05) is 37.6 Å². The number of aromatic nitrogens is 3. The molecule has 0 unspecified atom stereocenters. The van der Waals surface area contributed by atoms with Gasteiger partial charge in [0.2, 0.25) is 4.77 Å².